The number of halogens is 1. The van der Waals surface area contributed by atoms with Crippen LogP contribution in [0.5, 0.6) is 11.5 Å². The lowest BCUT2D eigenvalue weighted by molar-refractivity contribution is 0.281. The Labute approximate surface area is 104 Å². The van der Waals surface area contributed by atoms with E-state index >= 15 is 0 Å². The van der Waals surface area contributed by atoms with Gasteiger partial charge in [0, 0.05) is 5.69 Å². The predicted molar refractivity (Wildman–Crippen MR) is 68.3 cm³/mol. The van der Waals surface area contributed by atoms with E-state index in [0.717, 1.165) is 5.56 Å². The van der Waals surface area contributed by atoms with Gasteiger partial charge >= 0.3 is 0 Å². The van der Waals surface area contributed by atoms with Gasteiger partial charge in [-0.3, -0.25) is 0 Å². The smallest absolute Gasteiger partial charge is 0.146 e. The second kappa shape index (κ2) is 5.08. The van der Waals surface area contributed by atoms with Crippen LogP contribution in [-0.2, 0) is 6.61 Å². The number of rotatable bonds is 3. The van der Waals surface area contributed by atoms with Crippen LogP contribution in [-0.4, -0.2) is 5.11 Å². The van der Waals surface area contributed by atoms with E-state index in [1.165, 1.54) is 0 Å². The Morgan fingerprint density at radius 1 is 1.18 bits per heavy atom. The first-order valence-corrected chi connectivity index (χ1v) is 5.49. The molecule has 2 aromatic rings. The highest BCUT2D eigenvalue weighted by molar-refractivity contribution is 6.32. The van der Waals surface area contributed by atoms with Gasteiger partial charge in [0.15, 0.2) is 0 Å². The van der Waals surface area contributed by atoms with E-state index in [4.69, 9.17) is 27.2 Å². The van der Waals surface area contributed by atoms with Gasteiger partial charge < -0.3 is 15.6 Å². The van der Waals surface area contributed by atoms with Gasteiger partial charge in [0.25, 0.3) is 0 Å². The van der Waals surface area contributed by atoms with Crippen LogP contribution in [0.1, 0.15) is 5.56 Å². The summed E-state index contributed by atoms with van der Waals surface area (Å²) >= 11 is 6.00. The molecule has 0 saturated carbocycles. The van der Waals surface area contributed by atoms with Crippen molar-refractivity contribution in [3.63, 3.8) is 0 Å². The summed E-state index contributed by atoms with van der Waals surface area (Å²) in [7, 11) is 0. The molecule has 3 nitrogen and oxygen atoms in total. The molecule has 0 aliphatic heterocycles. The van der Waals surface area contributed by atoms with E-state index < -0.39 is 0 Å². The zero-order valence-electron chi connectivity index (χ0n) is 9.06. The average Bonchev–Trinajstić information content (AvgIpc) is 2.33. The van der Waals surface area contributed by atoms with Gasteiger partial charge in [-0.25, -0.2) is 0 Å². The molecular formula is C13H12ClNO2. The molecule has 0 atom stereocenters. The van der Waals surface area contributed by atoms with E-state index in [-0.39, 0.29) is 6.61 Å². The summed E-state index contributed by atoms with van der Waals surface area (Å²) in [6.45, 7) is -0.0212. The summed E-state index contributed by atoms with van der Waals surface area (Å²) in [6.07, 6.45) is 0. The third kappa shape index (κ3) is 2.90. The van der Waals surface area contributed by atoms with Crippen LogP contribution >= 0.6 is 11.6 Å². The van der Waals surface area contributed by atoms with E-state index in [0.29, 0.717) is 22.2 Å². The number of aliphatic hydroxyl groups is 1. The van der Waals surface area contributed by atoms with Crippen molar-refractivity contribution in [2.45, 2.75) is 6.61 Å². The van der Waals surface area contributed by atoms with Crippen LogP contribution in [0.4, 0.5) is 5.69 Å². The number of hydrogen-bond acceptors (Lipinski definition) is 3. The lowest BCUT2D eigenvalue weighted by Crippen LogP contribution is -1.90. The van der Waals surface area contributed by atoms with Crippen molar-refractivity contribution in [3.05, 3.63) is 53.1 Å². The summed E-state index contributed by atoms with van der Waals surface area (Å²) < 4.78 is 5.61. The zero-order valence-corrected chi connectivity index (χ0v) is 9.82. The first kappa shape index (κ1) is 11.8. The SMILES string of the molecule is Nc1ccc(Oc2cccc(CO)c2)c(Cl)c1. The molecule has 4 heteroatoms. The van der Waals surface area contributed by atoms with Crippen LogP contribution < -0.4 is 10.5 Å². The second-order valence-electron chi connectivity index (χ2n) is 3.60. The Morgan fingerprint density at radius 3 is 2.71 bits per heavy atom. The third-order valence-electron chi connectivity index (χ3n) is 2.26. The maximum Gasteiger partial charge on any atom is 0.146 e. The summed E-state index contributed by atoms with van der Waals surface area (Å²) in [5.41, 5.74) is 6.97. The molecular weight excluding hydrogens is 238 g/mol. The van der Waals surface area contributed by atoms with Crippen LogP contribution in [0.3, 0.4) is 0 Å². The lowest BCUT2D eigenvalue weighted by atomic mass is 10.2. The van der Waals surface area contributed by atoms with E-state index in [2.05, 4.69) is 0 Å². The van der Waals surface area contributed by atoms with Crippen LogP contribution in [0.15, 0.2) is 42.5 Å². The first-order chi connectivity index (χ1) is 8.19. The van der Waals surface area contributed by atoms with Gasteiger partial charge in [0.1, 0.15) is 11.5 Å². The summed E-state index contributed by atoms with van der Waals surface area (Å²) in [6, 6.07) is 12.2. The highest BCUT2D eigenvalue weighted by Gasteiger charge is 2.04. The predicted octanol–water partition coefficient (Wildman–Crippen LogP) is 3.21. The molecule has 0 aliphatic carbocycles. The molecule has 2 rings (SSSR count). The van der Waals surface area contributed by atoms with Crippen molar-refractivity contribution >= 4 is 17.3 Å². The third-order valence-corrected chi connectivity index (χ3v) is 2.56. The normalized spacial score (nSPS) is 10.2. The van der Waals surface area contributed by atoms with Crippen molar-refractivity contribution in [1.29, 1.82) is 0 Å². The number of ether oxygens (including phenoxy) is 1. The highest BCUT2D eigenvalue weighted by Crippen LogP contribution is 2.31. The summed E-state index contributed by atoms with van der Waals surface area (Å²) in [5, 5.41) is 9.48. The number of nitrogen functional groups attached to an aromatic ring is 1. The standard InChI is InChI=1S/C13H12ClNO2/c14-12-7-10(15)4-5-13(12)17-11-3-1-2-9(6-11)8-16/h1-7,16H,8,15H2. The maximum atomic E-state index is 9.02. The molecule has 0 heterocycles. The molecule has 0 aliphatic rings. The number of aliphatic hydroxyl groups excluding tert-OH is 1. The quantitative estimate of drug-likeness (QED) is 0.822. The summed E-state index contributed by atoms with van der Waals surface area (Å²) in [5.74, 6) is 1.17. The molecule has 0 unspecified atom stereocenters. The van der Waals surface area contributed by atoms with Crippen molar-refractivity contribution in [1.82, 2.24) is 0 Å². The molecule has 17 heavy (non-hydrogen) atoms. The molecule has 3 N–H and O–H groups in total. The highest BCUT2D eigenvalue weighted by atomic mass is 35.5. The molecule has 2 aromatic carbocycles. The minimum atomic E-state index is -0.0212. The fourth-order valence-electron chi connectivity index (χ4n) is 1.43. The Morgan fingerprint density at radius 2 is 2.00 bits per heavy atom. The fourth-order valence-corrected chi connectivity index (χ4v) is 1.66. The Hall–Kier alpha value is -1.71. The van der Waals surface area contributed by atoms with Crippen LogP contribution in [0.2, 0.25) is 5.02 Å². The van der Waals surface area contributed by atoms with Crippen LogP contribution in [0, 0.1) is 0 Å². The monoisotopic (exact) mass is 249 g/mol. The van der Waals surface area contributed by atoms with Crippen molar-refractivity contribution in [3.8, 4) is 11.5 Å². The Balaban J connectivity index is 2.25. The van der Waals surface area contributed by atoms with Crippen molar-refractivity contribution in [2.75, 3.05) is 5.73 Å². The van der Waals surface area contributed by atoms with E-state index in [9.17, 15) is 0 Å². The molecule has 0 bridgehead atoms. The second-order valence-corrected chi connectivity index (χ2v) is 4.00. The molecule has 0 amide bonds. The molecule has 0 radical (unpaired) electrons. The zero-order chi connectivity index (χ0) is 12.3. The van der Waals surface area contributed by atoms with Gasteiger partial charge in [-0.1, -0.05) is 23.7 Å². The number of hydrogen-bond donors (Lipinski definition) is 2. The minimum absolute atomic E-state index is 0.0212. The molecule has 0 fully saturated rings. The average molecular weight is 250 g/mol. The Kier molecular flexibility index (Phi) is 3.52. The van der Waals surface area contributed by atoms with Gasteiger partial charge in [0.05, 0.1) is 11.6 Å². The van der Waals surface area contributed by atoms with Gasteiger partial charge in [0.2, 0.25) is 0 Å². The number of anilines is 1. The van der Waals surface area contributed by atoms with Crippen molar-refractivity contribution < 1.29 is 9.84 Å². The summed E-state index contributed by atoms with van der Waals surface area (Å²) in [4.78, 5) is 0. The van der Waals surface area contributed by atoms with Gasteiger partial charge in [-0.15, -0.1) is 0 Å². The van der Waals surface area contributed by atoms with Gasteiger partial charge in [-0.2, -0.15) is 0 Å². The van der Waals surface area contributed by atoms with Gasteiger partial charge in [-0.05, 0) is 35.9 Å². The molecule has 0 aromatic heterocycles. The maximum absolute atomic E-state index is 9.02. The lowest BCUT2D eigenvalue weighted by Gasteiger charge is -2.08. The van der Waals surface area contributed by atoms with Crippen molar-refractivity contribution in [2.24, 2.45) is 0 Å². The molecule has 0 spiro atoms. The van der Waals surface area contributed by atoms with E-state index in [1.807, 2.05) is 12.1 Å². The largest absolute Gasteiger partial charge is 0.456 e. The molecule has 88 valence electrons. The Bertz CT molecular complexity index is 529. The first-order valence-electron chi connectivity index (χ1n) is 5.12. The number of nitrogens with two attached hydrogens (primary N) is 1. The number of benzene rings is 2. The fraction of sp³-hybridized carbons (Fsp3) is 0.0769. The van der Waals surface area contributed by atoms with E-state index in [1.54, 1.807) is 30.3 Å². The minimum Gasteiger partial charge on any atom is -0.456 e. The topological polar surface area (TPSA) is 55.5 Å². The molecule has 0 saturated heterocycles. The van der Waals surface area contributed by atoms with Crippen LogP contribution in [0.25, 0.3) is 0 Å².